The average molecular weight is 453 g/mol. The van der Waals surface area contributed by atoms with E-state index >= 15 is 0 Å². The molecule has 0 aliphatic carbocycles. The number of carbonyl (C=O) groups excluding carboxylic acids is 1. The molecule has 1 amide bonds. The van der Waals surface area contributed by atoms with Gasteiger partial charge in [-0.15, -0.1) is 0 Å². The Balaban J connectivity index is 2.13. The zero-order valence-corrected chi connectivity index (χ0v) is 15.3. The summed E-state index contributed by atoms with van der Waals surface area (Å²) in [7, 11) is -3.98. The van der Waals surface area contributed by atoms with Gasteiger partial charge in [-0.2, -0.15) is 13.2 Å². The third kappa shape index (κ3) is 5.71. The lowest BCUT2D eigenvalue weighted by molar-refractivity contribution is -0.153. The maximum Gasteiger partial charge on any atom is 0.422 e. The van der Waals surface area contributed by atoms with Crippen LogP contribution in [0.25, 0.3) is 0 Å². The van der Waals surface area contributed by atoms with E-state index in [1.807, 2.05) is 0 Å². The Bertz CT molecular complexity index is 915. The minimum absolute atomic E-state index is 0.0160. The molecule has 0 spiro atoms. The highest BCUT2D eigenvalue weighted by Crippen LogP contribution is 2.23. The molecule has 0 saturated heterocycles. The van der Waals surface area contributed by atoms with Crippen molar-refractivity contribution in [1.29, 1.82) is 0 Å². The lowest BCUT2D eigenvalue weighted by Gasteiger charge is -2.11. The van der Waals surface area contributed by atoms with Crippen molar-refractivity contribution >= 4 is 37.5 Å². The topological polar surface area (TPSA) is 98.5 Å². The molecule has 2 aromatic rings. The van der Waals surface area contributed by atoms with Crippen LogP contribution in [0.15, 0.2) is 51.8 Å². The number of alkyl halides is 3. The summed E-state index contributed by atoms with van der Waals surface area (Å²) in [6.45, 7) is -1.42. The number of nitrogens with two attached hydrogens (primary N) is 1. The van der Waals surface area contributed by atoms with E-state index in [1.165, 1.54) is 36.4 Å². The van der Waals surface area contributed by atoms with Gasteiger partial charge >= 0.3 is 6.18 Å². The van der Waals surface area contributed by atoms with E-state index in [1.54, 1.807) is 0 Å². The molecule has 0 atom stereocenters. The minimum atomic E-state index is -4.45. The van der Waals surface area contributed by atoms with Crippen molar-refractivity contribution in [2.75, 3.05) is 11.9 Å². The number of carbonyl (C=O) groups is 1. The van der Waals surface area contributed by atoms with Gasteiger partial charge in [-0.3, -0.25) is 4.79 Å². The second-order valence-electron chi connectivity index (χ2n) is 5.07. The molecular formula is C15H12BrF3N2O4S. The summed E-state index contributed by atoms with van der Waals surface area (Å²) in [5, 5.41) is 7.53. The quantitative estimate of drug-likeness (QED) is 0.726. The van der Waals surface area contributed by atoms with Crippen molar-refractivity contribution in [2.45, 2.75) is 11.1 Å². The molecule has 0 aromatic heterocycles. The third-order valence-corrected chi connectivity index (χ3v) is 4.63. The van der Waals surface area contributed by atoms with Gasteiger partial charge in [0.2, 0.25) is 10.0 Å². The maximum absolute atomic E-state index is 12.3. The van der Waals surface area contributed by atoms with Gasteiger partial charge < -0.3 is 10.1 Å². The second kappa shape index (κ2) is 7.64. The summed E-state index contributed by atoms with van der Waals surface area (Å²) >= 11 is 3.14. The smallest absolute Gasteiger partial charge is 0.422 e. The highest BCUT2D eigenvalue weighted by Gasteiger charge is 2.28. The van der Waals surface area contributed by atoms with Gasteiger partial charge in [0.05, 0.1) is 10.5 Å². The maximum atomic E-state index is 12.3. The van der Waals surface area contributed by atoms with Crippen LogP contribution in [0.1, 0.15) is 10.4 Å². The van der Waals surface area contributed by atoms with E-state index in [9.17, 15) is 26.4 Å². The molecule has 11 heteroatoms. The Morgan fingerprint density at radius 1 is 1.15 bits per heavy atom. The van der Waals surface area contributed by atoms with Crippen LogP contribution in [0.4, 0.5) is 18.9 Å². The van der Waals surface area contributed by atoms with E-state index in [4.69, 9.17) is 5.14 Å². The SMILES string of the molecule is NS(=O)(=O)c1ccc(Br)c(C(=O)Nc2ccc(OCC(F)(F)F)cc2)c1. The summed E-state index contributed by atoms with van der Waals surface area (Å²) in [5.74, 6) is -0.649. The van der Waals surface area contributed by atoms with Gasteiger partial charge in [0.1, 0.15) is 5.75 Å². The molecule has 26 heavy (non-hydrogen) atoms. The third-order valence-electron chi connectivity index (χ3n) is 3.03. The Kier molecular flexibility index (Phi) is 5.94. The van der Waals surface area contributed by atoms with Crippen molar-refractivity contribution in [3.8, 4) is 5.75 Å². The van der Waals surface area contributed by atoms with Crippen LogP contribution in [-0.2, 0) is 10.0 Å². The first-order valence-electron chi connectivity index (χ1n) is 6.89. The Morgan fingerprint density at radius 3 is 2.31 bits per heavy atom. The lowest BCUT2D eigenvalue weighted by atomic mass is 10.2. The Morgan fingerprint density at radius 2 is 1.77 bits per heavy atom. The van der Waals surface area contributed by atoms with E-state index < -0.39 is 28.7 Å². The molecule has 2 aromatic carbocycles. The molecule has 6 nitrogen and oxygen atoms in total. The van der Waals surface area contributed by atoms with E-state index in [0.29, 0.717) is 4.47 Å². The number of primary sulfonamides is 1. The molecule has 0 saturated carbocycles. The second-order valence-corrected chi connectivity index (χ2v) is 7.48. The molecular weight excluding hydrogens is 441 g/mol. The number of ether oxygens (including phenoxy) is 1. The van der Waals surface area contributed by atoms with Crippen LogP contribution in [0.2, 0.25) is 0 Å². The van der Waals surface area contributed by atoms with Crippen molar-refractivity contribution in [2.24, 2.45) is 5.14 Å². The average Bonchev–Trinajstić information content (AvgIpc) is 2.52. The summed E-state index contributed by atoms with van der Waals surface area (Å²) in [5.41, 5.74) is 0.302. The number of amides is 1. The van der Waals surface area contributed by atoms with E-state index in [0.717, 1.165) is 6.07 Å². The molecule has 0 aliphatic heterocycles. The van der Waals surface area contributed by atoms with Gasteiger partial charge in [-0.25, -0.2) is 13.6 Å². The highest BCUT2D eigenvalue weighted by atomic mass is 79.9. The van der Waals surface area contributed by atoms with Crippen LogP contribution < -0.4 is 15.2 Å². The number of benzene rings is 2. The van der Waals surface area contributed by atoms with Gasteiger partial charge in [0.25, 0.3) is 5.91 Å². The first-order valence-corrected chi connectivity index (χ1v) is 9.23. The van der Waals surface area contributed by atoms with Crippen LogP contribution in [0.3, 0.4) is 0 Å². The molecule has 0 heterocycles. The van der Waals surface area contributed by atoms with Crippen molar-refractivity contribution in [3.63, 3.8) is 0 Å². The lowest BCUT2D eigenvalue weighted by Crippen LogP contribution is -2.19. The minimum Gasteiger partial charge on any atom is -0.484 e. The zero-order chi connectivity index (χ0) is 19.5. The number of nitrogens with one attached hydrogen (secondary N) is 1. The number of hydrogen-bond donors (Lipinski definition) is 2. The summed E-state index contributed by atoms with van der Waals surface area (Å²) in [6.07, 6.45) is -4.45. The largest absolute Gasteiger partial charge is 0.484 e. The van der Waals surface area contributed by atoms with Crippen molar-refractivity contribution < 1.29 is 31.1 Å². The molecule has 0 bridgehead atoms. The van der Waals surface area contributed by atoms with Crippen LogP contribution in [-0.4, -0.2) is 27.1 Å². The zero-order valence-electron chi connectivity index (χ0n) is 12.9. The summed E-state index contributed by atoms with van der Waals surface area (Å²) < 4.78 is 64.0. The van der Waals surface area contributed by atoms with Gasteiger partial charge in [-0.1, -0.05) is 0 Å². The number of halogens is 4. The fourth-order valence-corrected chi connectivity index (χ4v) is 2.82. The standard InChI is InChI=1S/C15H12BrF3N2O4S/c16-13-6-5-11(26(20,23)24)7-12(13)14(22)21-9-1-3-10(4-2-9)25-8-15(17,18)19/h1-7H,8H2,(H,21,22)(H2,20,23,24). The first-order chi connectivity index (χ1) is 12.0. The van der Waals surface area contributed by atoms with Gasteiger partial charge in [-0.05, 0) is 58.4 Å². The fraction of sp³-hybridized carbons (Fsp3) is 0.133. The van der Waals surface area contributed by atoms with Crippen LogP contribution >= 0.6 is 15.9 Å². The monoisotopic (exact) mass is 452 g/mol. The highest BCUT2D eigenvalue weighted by molar-refractivity contribution is 9.10. The predicted octanol–water partition coefficient (Wildman–Crippen LogP) is 3.29. The molecule has 0 radical (unpaired) electrons. The van der Waals surface area contributed by atoms with E-state index in [2.05, 4.69) is 26.0 Å². The van der Waals surface area contributed by atoms with E-state index in [-0.39, 0.29) is 21.9 Å². The van der Waals surface area contributed by atoms with Gasteiger partial charge in [0, 0.05) is 10.2 Å². The number of rotatable bonds is 5. The Hall–Kier alpha value is -2.11. The number of hydrogen-bond acceptors (Lipinski definition) is 4. The summed E-state index contributed by atoms with van der Waals surface area (Å²) in [6, 6.07) is 8.93. The molecule has 2 rings (SSSR count). The molecule has 0 unspecified atom stereocenters. The van der Waals surface area contributed by atoms with Crippen molar-refractivity contribution in [1.82, 2.24) is 0 Å². The Labute approximate surface area is 155 Å². The van der Waals surface area contributed by atoms with Gasteiger partial charge in [0.15, 0.2) is 6.61 Å². The number of sulfonamides is 1. The van der Waals surface area contributed by atoms with Crippen molar-refractivity contribution in [3.05, 3.63) is 52.5 Å². The molecule has 0 aliphatic rings. The summed E-state index contributed by atoms with van der Waals surface area (Å²) in [4.78, 5) is 12.1. The predicted molar refractivity (Wildman–Crippen MR) is 91.5 cm³/mol. The molecule has 140 valence electrons. The van der Waals surface area contributed by atoms with Crippen LogP contribution in [0.5, 0.6) is 5.75 Å². The van der Waals surface area contributed by atoms with Crippen LogP contribution in [0, 0.1) is 0 Å². The normalized spacial score (nSPS) is 11.9. The molecule has 0 fully saturated rings. The first kappa shape index (κ1) is 20.2. The fourth-order valence-electron chi connectivity index (χ4n) is 1.85. The number of anilines is 1. The molecule has 3 N–H and O–H groups in total.